The molecule has 1 aliphatic rings. The molecule has 1 fully saturated rings. The fourth-order valence-electron chi connectivity index (χ4n) is 3.96. The van der Waals surface area contributed by atoms with E-state index < -0.39 is 0 Å². The molecule has 33 heavy (non-hydrogen) atoms. The Bertz CT molecular complexity index is 1030. The Kier molecular flexibility index (Phi) is 8.69. The summed E-state index contributed by atoms with van der Waals surface area (Å²) in [6.07, 6.45) is 8.30. The Morgan fingerprint density at radius 3 is 2.82 bits per heavy atom. The molecule has 2 N–H and O–H groups in total. The normalized spacial score (nSPS) is 18.5. The van der Waals surface area contributed by atoms with E-state index in [0.29, 0.717) is 23.6 Å². The second kappa shape index (κ2) is 12.1. The summed E-state index contributed by atoms with van der Waals surface area (Å²) < 4.78 is 5.05. The third-order valence-corrected chi connectivity index (χ3v) is 6.89. The van der Waals surface area contributed by atoms with E-state index in [1.165, 1.54) is 5.56 Å². The fraction of sp³-hybridized carbons (Fsp3) is 0.400. The number of benzene rings is 1. The zero-order chi connectivity index (χ0) is 22.9. The highest BCUT2D eigenvalue weighted by Gasteiger charge is 2.20. The molecule has 2 aromatic heterocycles. The van der Waals surface area contributed by atoms with Gasteiger partial charge in [0.1, 0.15) is 5.82 Å². The van der Waals surface area contributed by atoms with Gasteiger partial charge in [-0.05, 0) is 43.2 Å². The van der Waals surface area contributed by atoms with Crippen LogP contribution in [0.25, 0.3) is 11.3 Å². The van der Waals surface area contributed by atoms with Gasteiger partial charge in [-0.1, -0.05) is 41.9 Å². The summed E-state index contributed by atoms with van der Waals surface area (Å²) in [6.45, 7) is 2.16. The number of hydrogen-bond donors (Lipinski definition) is 2. The second-order valence-electron chi connectivity index (χ2n) is 8.23. The standard InChI is InChI=1S/C25H30ClN5OS/c1-32-12-11-27-14-19-7-9-20(10-8-19)30-24-13-21(22(26)16-28-24)23-17-33-25(31-23)29-15-18-5-3-2-4-6-18/h2-6,13-14,16-17,19-20H,7-12,15H2,1H3,(H,28,30)(H,29,31). The van der Waals surface area contributed by atoms with Crippen LogP contribution in [0, 0.1) is 5.92 Å². The lowest BCUT2D eigenvalue weighted by Gasteiger charge is -2.27. The summed E-state index contributed by atoms with van der Waals surface area (Å²) in [5.74, 6) is 1.41. The highest BCUT2D eigenvalue weighted by molar-refractivity contribution is 7.14. The van der Waals surface area contributed by atoms with Crippen LogP contribution in [-0.4, -0.2) is 42.5 Å². The Morgan fingerprint density at radius 2 is 2.03 bits per heavy atom. The monoisotopic (exact) mass is 483 g/mol. The van der Waals surface area contributed by atoms with Crippen LogP contribution in [0.1, 0.15) is 31.2 Å². The lowest BCUT2D eigenvalue weighted by molar-refractivity contribution is 0.208. The molecule has 0 saturated heterocycles. The number of pyridine rings is 1. The van der Waals surface area contributed by atoms with E-state index in [4.69, 9.17) is 21.3 Å². The Hall–Kier alpha value is -2.48. The van der Waals surface area contributed by atoms with Crippen molar-refractivity contribution in [3.05, 3.63) is 58.6 Å². The molecule has 0 aliphatic heterocycles. The summed E-state index contributed by atoms with van der Waals surface area (Å²) in [5.41, 5.74) is 2.98. The van der Waals surface area contributed by atoms with E-state index >= 15 is 0 Å². The Balaban J connectivity index is 1.33. The number of rotatable bonds is 10. The van der Waals surface area contributed by atoms with Crippen LogP contribution in [0.5, 0.6) is 0 Å². The molecule has 1 aromatic carbocycles. The van der Waals surface area contributed by atoms with Crippen molar-refractivity contribution in [3.8, 4) is 11.3 Å². The van der Waals surface area contributed by atoms with Crippen LogP contribution in [0.2, 0.25) is 5.02 Å². The van der Waals surface area contributed by atoms with E-state index in [0.717, 1.165) is 61.0 Å². The van der Waals surface area contributed by atoms with Gasteiger partial charge in [0.2, 0.25) is 0 Å². The quantitative estimate of drug-likeness (QED) is 0.267. The van der Waals surface area contributed by atoms with Gasteiger partial charge in [0.15, 0.2) is 5.13 Å². The van der Waals surface area contributed by atoms with Gasteiger partial charge in [0.05, 0.1) is 23.9 Å². The van der Waals surface area contributed by atoms with E-state index in [1.54, 1.807) is 24.6 Å². The highest BCUT2D eigenvalue weighted by atomic mass is 35.5. The first kappa shape index (κ1) is 23.7. The smallest absolute Gasteiger partial charge is 0.183 e. The van der Waals surface area contributed by atoms with Crippen LogP contribution in [0.3, 0.4) is 0 Å². The van der Waals surface area contributed by atoms with Gasteiger partial charge in [-0.15, -0.1) is 11.3 Å². The zero-order valence-corrected chi connectivity index (χ0v) is 20.4. The van der Waals surface area contributed by atoms with Crippen LogP contribution in [0.15, 0.2) is 53.0 Å². The minimum absolute atomic E-state index is 0.411. The molecule has 1 aliphatic carbocycles. The molecule has 174 valence electrons. The van der Waals surface area contributed by atoms with Gasteiger partial charge < -0.3 is 15.4 Å². The van der Waals surface area contributed by atoms with Crippen LogP contribution >= 0.6 is 22.9 Å². The number of halogens is 1. The van der Waals surface area contributed by atoms with E-state index in [-0.39, 0.29) is 0 Å². The number of nitrogens with zero attached hydrogens (tertiary/aromatic N) is 3. The van der Waals surface area contributed by atoms with Gasteiger partial charge in [-0.3, -0.25) is 4.99 Å². The average molecular weight is 484 g/mol. The van der Waals surface area contributed by atoms with Crippen molar-refractivity contribution < 1.29 is 4.74 Å². The molecule has 3 aromatic rings. The molecule has 8 heteroatoms. The number of nitrogens with one attached hydrogen (secondary N) is 2. The molecule has 4 rings (SSSR count). The maximum Gasteiger partial charge on any atom is 0.183 e. The number of methoxy groups -OCH3 is 1. The number of aromatic nitrogens is 2. The van der Waals surface area contributed by atoms with Crippen molar-refractivity contribution in [2.45, 2.75) is 38.3 Å². The molecule has 0 bridgehead atoms. The Labute approximate surface area is 204 Å². The van der Waals surface area contributed by atoms with E-state index in [9.17, 15) is 0 Å². The maximum absolute atomic E-state index is 6.48. The SMILES string of the molecule is COCCN=CC1CCC(Nc2cc(-c3csc(NCc4ccccc4)n3)c(Cl)cn2)CC1. The van der Waals surface area contributed by atoms with Crippen molar-refractivity contribution in [2.75, 3.05) is 30.9 Å². The topological polar surface area (TPSA) is 71.4 Å². The van der Waals surface area contributed by atoms with Crippen LogP contribution in [-0.2, 0) is 11.3 Å². The molecule has 2 heterocycles. The second-order valence-corrected chi connectivity index (χ2v) is 9.50. The maximum atomic E-state index is 6.48. The van der Waals surface area contributed by atoms with Gasteiger partial charge in [-0.25, -0.2) is 9.97 Å². The van der Waals surface area contributed by atoms with Gasteiger partial charge >= 0.3 is 0 Å². The molecule has 6 nitrogen and oxygen atoms in total. The fourth-order valence-corrected chi connectivity index (χ4v) is 4.87. The summed E-state index contributed by atoms with van der Waals surface area (Å²) in [6, 6.07) is 12.7. The molecule has 1 saturated carbocycles. The van der Waals surface area contributed by atoms with E-state index in [2.05, 4.69) is 39.0 Å². The van der Waals surface area contributed by atoms with Crippen LogP contribution in [0.4, 0.5) is 10.9 Å². The van der Waals surface area contributed by atoms with Crippen molar-refractivity contribution >= 4 is 40.1 Å². The molecule has 0 spiro atoms. The van der Waals surface area contributed by atoms with Gasteiger partial charge in [-0.2, -0.15) is 0 Å². The molecular formula is C25H30ClN5OS. The van der Waals surface area contributed by atoms with Crippen molar-refractivity contribution in [2.24, 2.45) is 10.9 Å². The van der Waals surface area contributed by atoms with Crippen molar-refractivity contribution in [3.63, 3.8) is 0 Å². The minimum atomic E-state index is 0.411. The third-order valence-electron chi connectivity index (χ3n) is 5.79. The molecular weight excluding hydrogens is 454 g/mol. The van der Waals surface area contributed by atoms with Gasteiger partial charge in [0.25, 0.3) is 0 Å². The van der Waals surface area contributed by atoms with Crippen LogP contribution < -0.4 is 10.6 Å². The number of hydrogen-bond acceptors (Lipinski definition) is 7. The highest BCUT2D eigenvalue weighted by Crippen LogP contribution is 2.33. The zero-order valence-electron chi connectivity index (χ0n) is 18.8. The third kappa shape index (κ3) is 7.00. The summed E-state index contributed by atoms with van der Waals surface area (Å²) in [5, 5.41) is 10.5. The molecule has 0 radical (unpaired) electrons. The van der Waals surface area contributed by atoms with E-state index in [1.807, 2.05) is 29.6 Å². The lowest BCUT2D eigenvalue weighted by atomic mass is 9.87. The first-order chi connectivity index (χ1) is 16.2. The summed E-state index contributed by atoms with van der Waals surface area (Å²) in [4.78, 5) is 13.7. The largest absolute Gasteiger partial charge is 0.383 e. The van der Waals surface area contributed by atoms with Gasteiger partial charge in [0, 0.05) is 43.1 Å². The molecule has 0 unspecified atom stereocenters. The number of aliphatic imine (C=N–C) groups is 1. The van der Waals surface area contributed by atoms with Crippen molar-refractivity contribution in [1.29, 1.82) is 0 Å². The predicted molar refractivity (Wildman–Crippen MR) is 139 cm³/mol. The molecule has 0 atom stereocenters. The molecule has 0 amide bonds. The number of ether oxygens (including phenoxy) is 1. The Morgan fingerprint density at radius 1 is 1.21 bits per heavy atom. The minimum Gasteiger partial charge on any atom is -0.383 e. The predicted octanol–water partition coefficient (Wildman–Crippen LogP) is 6.16. The average Bonchev–Trinajstić information content (AvgIpc) is 3.32. The first-order valence-electron chi connectivity index (χ1n) is 11.4. The number of thiazole rings is 1. The summed E-state index contributed by atoms with van der Waals surface area (Å²) >= 11 is 8.06. The number of anilines is 2. The first-order valence-corrected chi connectivity index (χ1v) is 12.6. The summed E-state index contributed by atoms with van der Waals surface area (Å²) in [7, 11) is 1.71. The van der Waals surface area contributed by atoms with Crippen molar-refractivity contribution in [1.82, 2.24) is 9.97 Å². The lowest BCUT2D eigenvalue weighted by Crippen LogP contribution is -2.27.